The molecule has 0 atom stereocenters. The number of nitrogens with zero attached hydrogens (tertiary/aromatic N) is 1. The fourth-order valence-corrected chi connectivity index (χ4v) is 2.52. The molecule has 0 saturated heterocycles. The summed E-state index contributed by atoms with van der Waals surface area (Å²) in [5.41, 5.74) is 1.83. The van der Waals surface area contributed by atoms with Crippen LogP contribution in [0.3, 0.4) is 0 Å². The molecular formula is C20H28IN3O4. The van der Waals surface area contributed by atoms with Gasteiger partial charge in [0.1, 0.15) is 11.5 Å². The van der Waals surface area contributed by atoms with Gasteiger partial charge < -0.3 is 29.6 Å². The van der Waals surface area contributed by atoms with E-state index in [1.165, 1.54) is 0 Å². The van der Waals surface area contributed by atoms with Crippen molar-refractivity contribution in [2.75, 3.05) is 40.3 Å². The van der Waals surface area contributed by atoms with E-state index in [4.69, 9.17) is 18.9 Å². The molecule has 0 aromatic heterocycles. The second-order valence-electron chi connectivity index (χ2n) is 5.53. The molecule has 2 aromatic carbocycles. The van der Waals surface area contributed by atoms with Crippen LogP contribution in [0.25, 0.3) is 0 Å². The summed E-state index contributed by atoms with van der Waals surface area (Å²) < 4.78 is 21.6. The van der Waals surface area contributed by atoms with E-state index in [0.29, 0.717) is 30.6 Å². The Hall–Kier alpha value is -2.36. The minimum Gasteiger partial charge on any atom is -0.497 e. The number of benzene rings is 2. The van der Waals surface area contributed by atoms with Gasteiger partial charge in [0, 0.05) is 37.0 Å². The zero-order chi connectivity index (χ0) is 19.6. The molecule has 0 saturated carbocycles. The van der Waals surface area contributed by atoms with Crippen molar-refractivity contribution in [1.82, 2.24) is 5.32 Å². The number of nitrogens with one attached hydrogen (secondary N) is 2. The highest BCUT2D eigenvalue weighted by molar-refractivity contribution is 14.0. The highest BCUT2D eigenvalue weighted by Crippen LogP contribution is 2.30. The van der Waals surface area contributed by atoms with Crippen LogP contribution in [-0.2, 0) is 6.54 Å². The number of aliphatic imine (C=N–C) groups is 1. The number of halogens is 1. The average Bonchev–Trinajstić information content (AvgIpc) is 2.71. The summed E-state index contributed by atoms with van der Waals surface area (Å²) in [4.78, 5) is 4.26. The van der Waals surface area contributed by atoms with Gasteiger partial charge in [-0.25, -0.2) is 0 Å². The Balaban J connectivity index is 0.00000392. The maximum Gasteiger partial charge on any atom is 0.195 e. The van der Waals surface area contributed by atoms with Crippen molar-refractivity contribution < 1.29 is 18.9 Å². The van der Waals surface area contributed by atoms with E-state index >= 15 is 0 Å². The first-order valence-corrected chi connectivity index (χ1v) is 8.64. The Morgan fingerprint density at radius 3 is 2.29 bits per heavy atom. The Bertz CT molecular complexity index is 784. The van der Waals surface area contributed by atoms with Gasteiger partial charge in [-0.05, 0) is 31.2 Å². The second kappa shape index (κ2) is 12.2. The standard InChI is InChI=1S/C20H27N3O4.HI/c1-6-27-19-11-15(8-10-17(19)25-4)23-20(21-2)22-13-14-7-9-16(24-3)12-18(14)26-5;/h7-12H,6,13H2,1-5H3,(H2,21,22,23);1H. The molecule has 0 bridgehead atoms. The topological polar surface area (TPSA) is 73.3 Å². The van der Waals surface area contributed by atoms with Gasteiger partial charge in [0.25, 0.3) is 0 Å². The van der Waals surface area contributed by atoms with Gasteiger partial charge in [0.05, 0.1) is 27.9 Å². The van der Waals surface area contributed by atoms with Crippen molar-refractivity contribution in [3.05, 3.63) is 42.0 Å². The third-order valence-electron chi connectivity index (χ3n) is 3.89. The molecule has 0 aliphatic heterocycles. The summed E-state index contributed by atoms with van der Waals surface area (Å²) in [7, 11) is 6.60. The minimum absolute atomic E-state index is 0. The number of rotatable bonds is 8. The van der Waals surface area contributed by atoms with Crippen LogP contribution in [-0.4, -0.2) is 40.9 Å². The van der Waals surface area contributed by atoms with E-state index in [9.17, 15) is 0 Å². The van der Waals surface area contributed by atoms with Gasteiger partial charge in [0.15, 0.2) is 17.5 Å². The number of hydrogen-bond donors (Lipinski definition) is 2. The highest BCUT2D eigenvalue weighted by atomic mass is 127. The summed E-state index contributed by atoms with van der Waals surface area (Å²) in [6.45, 7) is 3.04. The van der Waals surface area contributed by atoms with Gasteiger partial charge >= 0.3 is 0 Å². The lowest BCUT2D eigenvalue weighted by Gasteiger charge is -2.16. The monoisotopic (exact) mass is 501 g/mol. The van der Waals surface area contributed by atoms with Crippen molar-refractivity contribution in [3.8, 4) is 23.0 Å². The smallest absolute Gasteiger partial charge is 0.195 e. The molecule has 8 heteroatoms. The van der Waals surface area contributed by atoms with Crippen molar-refractivity contribution >= 4 is 35.6 Å². The Labute approximate surface area is 183 Å². The zero-order valence-electron chi connectivity index (χ0n) is 16.9. The fourth-order valence-electron chi connectivity index (χ4n) is 2.52. The predicted octanol–water partition coefficient (Wildman–Crippen LogP) is 3.92. The molecule has 0 fully saturated rings. The van der Waals surface area contributed by atoms with Crippen LogP contribution < -0.4 is 29.6 Å². The third kappa shape index (κ3) is 6.36. The van der Waals surface area contributed by atoms with E-state index in [2.05, 4.69) is 15.6 Å². The summed E-state index contributed by atoms with van der Waals surface area (Å²) in [6, 6.07) is 11.3. The summed E-state index contributed by atoms with van der Waals surface area (Å²) in [5, 5.41) is 6.52. The Morgan fingerprint density at radius 2 is 1.68 bits per heavy atom. The van der Waals surface area contributed by atoms with Gasteiger partial charge in [-0.1, -0.05) is 0 Å². The molecule has 7 nitrogen and oxygen atoms in total. The molecule has 0 aliphatic carbocycles. The summed E-state index contributed by atoms with van der Waals surface area (Å²) >= 11 is 0. The molecule has 0 spiro atoms. The Morgan fingerprint density at radius 1 is 0.929 bits per heavy atom. The second-order valence-corrected chi connectivity index (χ2v) is 5.53. The molecule has 0 heterocycles. The largest absolute Gasteiger partial charge is 0.497 e. The minimum atomic E-state index is 0. The van der Waals surface area contributed by atoms with E-state index in [1.54, 1.807) is 28.4 Å². The maximum absolute atomic E-state index is 5.61. The van der Waals surface area contributed by atoms with E-state index < -0.39 is 0 Å². The lowest BCUT2D eigenvalue weighted by atomic mass is 10.2. The molecule has 0 radical (unpaired) electrons. The quantitative estimate of drug-likeness (QED) is 0.325. The Kier molecular flexibility index (Phi) is 10.3. The molecule has 154 valence electrons. The van der Waals surface area contributed by atoms with Crippen LogP contribution in [0.1, 0.15) is 12.5 Å². The van der Waals surface area contributed by atoms with E-state index in [1.807, 2.05) is 43.3 Å². The van der Waals surface area contributed by atoms with Crippen molar-refractivity contribution in [3.63, 3.8) is 0 Å². The lowest BCUT2D eigenvalue weighted by molar-refractivity contribution is 0.311. The molecule has 0 amide bonds. The lowest BCUT2D eigenvalue weighted by Crippen LogP contribution is -2.30. The summed E-state index contributed by atoms with van der Waals surface area (Å²) in [5.74, 6) is 3.49. The van der Waals surface area contributed by atoms with Gasteiger partial charge in [-0.2, -0.15) is 0 Å². The van der Waals surface area contributed by atoms with Crippen molar-refractivity contribution in [1.29, 1.82) is 0 Å². The molecule has 0 aliphatic rings. The molecule has 2 N–H and O–H groups in total. The van der Waals surface area contributed by atoms with Crippen molar-refractivity contribution in [2.45, 2.75) is 13.5 Å². The van der Waals surface area contributed by atoms with Crippen LogP contribution in [0.15, 0.2) is 41.4 Å². The molecular weight excluding hydrogens is 473 g/mol. The predicted molar refractivity (Wildman–Crippen MR) is 123 cm³/mol. The molecule has 28 heavy (non-hydrogen) atoms. The summed E-state index contributed by atoms with van der Waals surface area (Å²) in [6.07, 6.45) is 0. The van der Waals surface area contributed by atoms with Crippen molar-refractivity contribution in [2.24, 2.45) is 4.99 Å². The first-order chi connectivity index (χ1) is 13.1. The fraction of sp³-hybridized carbons (Fsp3) is 0.350. The first-order valence-electron chi connectivity index (χ1n) is 8.64. The van der Waals surface area contributed by atoms with Crippen LogP contribution in [0.4, 0.5) is 5.69 Å². The van der Waals surface area contributed by atoms with Gasteiger partial charge in [-0.15, -0.1) is 24.0 Å². The van der Waals surface area contributed by atoms with Crippen LogP contribution >= 0.6 is 24.0 Å². The third-order valence-corrected chi connectivity index (χ3v) is 3.89. The van der Waals surface area contributed by atoms with Gasteiger partial charge in [-0.3, -0.25) is 4.99 Å². The number of ether oxygens (including phenoxy) is 4. The van der Waals surface area contributed by atoms with Gasteiger partial charge in [0.2, 0.25) is 0 Å². The molecule has 2 rings (SSSR count). The number of anilines is 1. The van der Waals surface area contributed by atoms with Crippen LogP contribution in [0.2, 0.25) is 0 Å². The molecule has 0 unspecified atom stereocenters. The molecule has 2 aromatic rings. The zero-order valence-corrected chi connectivity index (χ0v) is 19.2. The normalized spacial score (nSPS) is 10.5. The van der Waals surface area contributed by atoms with E-state index in [-0.39, 0.29) is 24.0 Å². The average molecular weight is 501 g/mol. The number of methoxy groups -OCH3 is 3. The van der Waals surface area contributed by atoms with Crippen LogP contribution in [0.5, 0.6) is 23.0 Å². The maximum atomic E-state index is 5.61. The number of hydrogen-bond acceptors (Lipinski definition) is 5. The number of guanidine groups is 1. The first kappa shape index (κ1) is 23.7. The van der Waals surface area contributed by atoms with E-state index in [0.717, 1.165) is 22.7 Å². The SMILES string of the molecule is CCOc1cc(NC(=NC)NCc2ccc(OC)cc2OC)ccc1OC.I. The highest BCUT2D eigenvalue weighted by Gasteiger charge is 2.09. The van der Waals surface area contributed by atoms with Crippen LogP contribution in [0, 0.1) is 0 Å².